The molecule has 1 aliphatic rings. The summed E-state index contributed by atoms with van der Waals surface area (Å²) in [6.07, 6.45) is 1.84. The lowest BCUT2D eigenvalue weighted by molar-refractivity contribution is 0.0398. The number of aromatic amines is 1. The summed E-state index contributed by atoms with van der Waals surface area (Å²) in [5.41, 5.74) is 3.67. The Labute approximate surface area is 184 Å². The first kappa shape index (κ1) is 19.9. The van der Waals surface area contributed by atoms with Gasteiger partial charge in [0.1, 0.15) is 5.69 Å². The van der Waals surface area contributed by atoms with Crippen LogP contribution < -0.4 is 10.6 Å². The fraction of sp³-hybridized carbons (Fsp3) is 0.318. The number of H-pyrrole nitrogens is 1. The van der Waals surface area contributed by atoms with E-state index in [0.29, 0.717) is 5.95 Å². The van der Waals surface area contributed by atoms with Crippen molar-refractivity contribution in [2.75, 3.05) is 50.0 Å². The molecule has 0 unspecified atom stereocenters. The molecule has 0 radical (unpaired) electrons. The molecule has 1 fully saturated rings. The SMILES string of the molecule is c1cc(NCc2cccs2)cc(-c2n[nH]c3nc(NCCN4CCOCC4)ncc23)c1. The lowest BCUT2D eigenvalue weighted by atomic mass is 10.1. The van der Waals surface area contributed by atoms with Crippen molar-refractivity contribution in [3.05, 3.63) is 52.9 Å². The number of anilines is 2. The fourth-order valence-electron chi connectivity index (χ4n) is 3.64. The quantitative estimate of drug-likeness (QED) is 0.391. The van der Waals surface area contributed by atoms with Gasteiger partial charge in [-0.2, -0.15) is 10.1 Å². The molecular weight excluding hydrogens is 410 g/mol. The minimum atomic E-state index is 0.613. The second-order valence-electron chi connectivity index (χ2n) is 7.42. The zero-order chi connectivity index (χ0) is 20.9. The number of ether oxygens (including phenoxy) is 1. The van der Waals surface area contributed by atoms with Crippen LogP contribution in [0.4, 0.5) is 11.6 Å². The van der Waals surface area contributed by atoms with E-state index in [1.54, 1.807) is 11.3 Å². The normalized spacial score (nSPS) is 14.7. The van der Waals surface area contributed by atoms with E-state index in [4.69, 9.17) is 4.74 Å². The molecule has 1 aliphatic heterocycles. The topological polar surface area (TPSA) is 91.0 Å². The summed E-state index contributed by atoms with van der Waals surface area (Å²) in [4.78, 5) is 12.8. The van der Waals surface area contributed by atoms with E-state index in [0.717, 1.165) is 73.9 Å². The van der Waals surface area contributed by atoms with E-state index in [2.05, 4.69) is 71.4 Å². The Morgan fingerprint density at radius 3 is 2.94 bits per heavy atom. The van der Waals surface area contributed by atoms with Crippen LogP contribution in [0, 0.1) is 0 Å². The van der Waals surface area contributed by atoms with Gasteiger partial charge in [-0.15, -0.1) is 11.3 Å². The van der Waals surface area contributed by atoms with Crippen LogP contribution in [-0.2, 0) is 11.3 Å². The molecule has 0 bridgehead atoms. The number of nitrogens with zero attached hydrogens (tertiary/aromatic N) is 4. The lowest BCUT2D eigenvalue weighted by Gasteiger charge is -2.26. The smallest absolute Gasteiger partial charge is 0.224 e. The average Bonchev–Trinajstić information content (AvgIpc) is 3.48. The highest BCUT2D eigenvalue weighted by atomic mass is 32.1. The molecule has 3 N–H and O–H groups in total. The third-order valence-electron chi connectivity index (χ3n) is 5.32. The van der Waals surface area contributed by atoms with Crippen LogP contribution in [0.5, 0.6) is 0 Å². The number of hydrogen-bond acceptors (Lipinski definition) is 8. The maximum absolute atomic E-state index is 5.39. The van der Waals surface area contributed by atoms with Gasteiger partial charge < -0.3 is 15.4 Å². The largest absolute Gasteiger partial charge is 0.380 e. The molecule has 8 nitrogen and oxygen atoms in total. The maximum Gasteiger partial charge on any atom is 0.224 e. The summed E-state index contributed by atoms with van der Waals surface area (Å²) >= 11 is 1.75. The molecule has 0 amide bonds. The molecule has 4 heterocycles. The van der Waals surface area contributed by atoms with Gasteiger partial charge in [0.25, 0.3) is 0 Å². The number of benzene rings is 1. The molecular formula is C22H25N7OS. The predicted molar refractivity (Wildman–Crippen MR) is 125 cm³/mol. The first-order valence-electron chi connectivity index (χ1n) is 10.5. The zero-order valence-electron chi connectivity index (χ0n) is 17.2. The van der Waals surface area contributed by atoms with Gasteiger partial charge in [-0.1, -0.05) is 18.2 Å². The van der Waals surface area contributed by atoms with E-state index in [-0.39, 0.29) is 0 Å². The molecule has 9 heteroatoms. The van der Waals surface area contributed by atoms with E-state index in [9.17, 15) is 0 Å². The molecule has 4 aromatic rings. The van der Waals surface area contributed by atoms with Crippen molar-refractivity contribution in [3.63, 3.8) is 0 Å². The van der Waals surface area contributed by atoms with Crippen molar-refractivity contribution in [2.45, 2.75) is 6.54 Å². The van der Waals surface area contributed by atoms with E-state index < -0.39 is 0 Å². The third-order valence-corrected chi connectivity index (χ3v) is 6.19. The van der Waals surface area contributed by atoms with Gasteiger partial charge in [0, 0.05) is 55.0 Å². The summed E-state index contributed by atoms with van der Waals surface area (Å²) in [6.45, 7) is 6.13. The Bertz CT molecular complexity index is 1120. The molecule has 0 spiro atoms. The van der Waals surface area contributed by atoms with Crippen molar-refractivity contribution in [3.8, 4) is 11.3 Å². The standard InChI is InChI=1S/C22H25N7OS/c1-3-16(13-17(4-1)24-14-18-5-2-12-31-18)20-19-15-25-22(26-21(19)28-27-20)23-6-7-29-8-10-30-11-9-29/h1-5,12-13,15,24H,6-11,14H2,(H2,23,25,26,27,28). The molecule has 5 rings (SSSR count). The second-order valence-corrected chi connectivity index (χ2v) is 8.45. The first-order valence-corrected chi connectivity index (χ1v) is 11.3. The van der Waals surface area contributed by atoms with Crippen LogP contribution in [0.3, 0.4) is 0 Å². The molecule has 3 aromatic heterocycles. The Hall–Kier alpha value is -3.01. The van der Waals surface area contributed by atoms with Gasteiger partial charge in [-0.3, -0.25) is 10.00 Å². The molecule has 0 atom stereocenters. The number of morpholine rings is 1. The Balaban J connectivity index is 1.25. The zero-order valence-corrected chi connectivity index (χ0v) is 18.0. The highest BCUT2D eigenvalue weighted by Crippen LogP contribution is 2.27. The summed E-state index contributed by atoms with van der Waals surface area (Å²) in [7, 11) is 0. The molecule has 31 heavy (non-hydrogen) atoms. The third kappa shape index (κ3) is 4.84. The summed E-state index contributed by atoms with van der Waals surface area (Å²) in [5.74, 6) is 0.613. The van der Waals surface area contributed by atoms with Crippen molar-refractivity contribution in [1.82, 2.24) is 25.1 Å². The van der Waals surface area contributed by atoms with Crippen molar-refractivity contribution >= 4 is 34.0 Å². The van der Waals surface area contributed by atoms with E-state index in [1.165, 1.54) is 4.88 Å². The monoisotopic (exact) mass is 435 g/mol. The summed E-state index contributed by atoms with van der Waals surface area (Å²) in [5, 5.41) is 17.4. The molecule has 160 valence electrons. The van der Waals surface area contributed by atoms with Gasteiger partial charge in [-0.25, -0.2) is 4.98 Å². The van der Waals surface area contributed by atoms with Crippen LogP contribution in [0.25, 0.3) is 22.3 Å². The average molecular weight is 436 g/mol. The van der Waals surface area contributed by atoms with Gasteiger partial charge in [0.2, 0.25) is 5.95 Å². The van der Waals surface area contributed by atoms with Crippen LogP contribution in [-0.4, -0.2) is 64.5 Å². The highest BCUT2D eigenvalue weighted by Gasteiger charge is 2.12. The van der Waals surface area contributed by atoms with Crippen LogP contribution in [0.2, 0.25) is 0 Å². The Morgan fingerprint density at radius 2 is 2.06 bits per heavy atom. The molecule has 0 saturated carbocycles. The molecule has 0 aliphatic carbocycles. The van der Waals surface area contributed by atoms with Crippen molar-refractivity contribution < 1.29 is 4.74 Å². The minimum Gasteiger partial charge on any atom is -0.380 e. The van der Waals surface area contributed by atoms with E-state index in [1.807, 2.05) is 12.3 Å². The van der Waals surface area contributed by atoms with Crippen LogP contribution in [0.15, 0.2) is 48.0 Å². The maximum atomic E-state index is 5.39. The van der Waals surface area contributed by atoms with E-state index >= 15 is 0 Å². The van der Waals surface area contributed by atoms with Crippen LogP contribution in [0.1, 0.15) is 4.88 Å². The first-order chi connectivity index (χ1) is 15.3. The molecule has 1 saturated heterocycles. The van der Waals surface area contributed by atoms with Crippen molar-refractivity contribution in [2.24, 2.45) is 0 Å². The number of aromatic nitrogens is 4. The number of hydrogen-bond donors (Lipinski definition) is 3. The predicted octanol–water partition coefficient (Wildman–Crippen LogP) is 3.44. The summed E-state index contributed by atoms with van der Waals surface area (Å²) in [6, 6.07) is 12.5. The van der Waals surface area contributed by atoms with Gasteiger partial charge in [-0.05, 0) is 23.6 Å². The number of fused-ring (bicyclic) bond motifs is 1. The van der Waals surface area contributed by atoms with Gasteiger partial charge in [0.05, 0.1) is 18.6 Å². The lowest BCUT2D eigenvalue weighted by Crippen LogP contribution is -2.39. The number of rotatable bonds is 8. The van der Waals surface area contributed by atoms with Gasteiger partial charge >= 0.3 is 0 Å². The molecule has 1 aromatic carbocycles. The highest BCUT2D eigenvalue weighted by molar-refractivity contribution is 7.09. The van der Waals surface area contributed by atoms with Gasteiger partial charge in [0.15, 0.2) is 5.65 Å². The summed E-state index contributed by atoms with van der Waals surface area (Å²) < 4.78 is 5.39. The fourth-order valence-corrected chi connectivity index (χ4v) is 4.29. The van der Waals surface area contributed by atoms with Crippen LogP contribution >= 0.6 is 11.3 Å². The second kappa shape index (κ2) is 9.42. The minimum absolute atomic E-state index is 0.613. The number of thiophene rings is 1. The Kier molecular flexibility index (Phi) is 6.06. The van der Waals surface area contributed by atoms with Crippen molar-refractivity contribution in [1.29, 1.82) is 0 Å². The Morgan fingerprint density at radius 1 is 1.13 bits per heavy atom. The number of nitrogens with one attached hydrogen (secondary N) is 3.